The fourth-order valence-corrected chi connectivity index (χ4v) is 2.26. The van der Waals surface area contributed by atoms with Gasteiger partial charge < -0.3 is 19.9 Å². The minimum absolute atomic E-state index is 0.142. The average Bonchev–Trinajstić information content (AvgIpc) is 2.42. The van der Waals surface area contributed by atoms with Crippen molar-refractivity contribution in [1.82, 2.24) is 10.2 Å². The molecule has 7 nitrogen and oxygen atoms in total. The smallest absolute Gasteiger partial charge is 0.411 e. The molecule has 2 N–H and O–H groups in total. The highest BCUT2D eigenvalue weighted by Gasteiger charge is 2.40. The number of amides is 2. The zero-order valence-corrected chi connectivity index (χ0v) is 14.1. The van der Waals surface area contributed by atoms with E-state index in [1.807, 2.05) is 6.92 Å². The number of aliphatic hydroxyl groups is 1. The molecule has 1 saturated heterocycles. The molecule has 1 aliphatic heterocycles. The topological polar surface area (TPSA) is 88.1 Å². The third-order valence-corrected chi connectivity index (χ3v) is 3.45. The first-order chi connectivity index (χ1) is 10.2. The normalized spacial score (nSPS) is 23.8. The van der Waals surface area contributed by atoms with Gasteiger partial charge in [0.1, 0.15) is 11.6 Å². The van der Waals surface area contributed by atoms with Gasteiger partial charge in [-0.1, -0.05) is 6.92 Å². The second kappa shape index (κ2) is 7.78. The summed E-state index contributed by atoms with van der Waals surface area (Å²) in [5, 5.41) is 12.0. The highest BCUT2D eigenvalue weighted by Crippen LogP contribution is 2.19. The molecule has 0 aromatic carbocycles. The first-order valence-electron chi connectivity index (χ1n) is 7.72. The van der Waals surface area contributed by atoms with Gasteiger partial charge in [0.15, 0.2) is 0 Å². The van der Waals surface area contributed by atoms with Crippen molar-refractivity contribution in [2.45, 2.75) is 64.8 Å². The molecule has 1 rings (SSSR count). The van der Waals surface area contributed by atoms with E-state index in [1.165, 1.54) is 4.90 Å². The van der Waals surface area contributed by atoms with Gasteiger partial charge in [0, 0.05) is 6.54 Å². The standard InChI is InChI=1S/C15H28N2O5/c1-6-11(9-18)16-13(19)12-10(2)21-8-7-17(12)14(20)22-15(3,4)5/h10-12,18H,6-9H2,1-5H3,(H,16,19)/t10-,11+,12+/m1/s1. The quantitative estimate of drug-likeness (QED) is 0.804. The Labute approximate surface area is 131 Å². The number of nitrogens with zero attached hydrogens (tertiary/aromatic N) is 1. The highest BCUT2D eigenvalue weighted by atomic mass is 16.6. The van der Waals surface area contributed by atoms with E-state index in [4.69, 9.17) is 9.47 Å². The SMILES string of the molecule is CC[C@@H](CO)NC(=O)[C@@H]1[C@@H](C)OCCN1C(=O)OC(C)(C)C. The average molecular weight is 316 g/mol. The van der Waals surface area contributed by atoms with Crippen molar-refractivity contribution in [2.75, 3.05) is 19.8 Å². The van der Waals surface area contributed by atoms with Crippen LogP contribution in [0.15, 0.2) is 0 Å². The van der Waals surface area contributed by atoms with Crippen LogP contribution in [0.1, 0.15) is 41.0 Å². The Hall–Kier alpha value is -1.34. The zero-order chi connectivity index (χ0) is 16.9. The molecule has 3 atom stereocenters. The van der Waals surface area contributed by atoms with Crippen molar-refractivity contribution < 1.29 is 24.2 Å². The summed E-state index contributed by atoms with van der Waals surface area (Å²) in [5.41, 5.74) is -0.628. The van der Waals surface area contributed by atoms with Crippen molar-refractivity contribution in [3.05, 3.63) is 0 Å². The minimum atomic E-state index is -0.760. The summed E-state index contributed by atoms with van der Waals surface area (Å²) in [6, 6.07) is -1.09. The Morgan fingerprint density at radius 1 is 1.45 bits per heavy atom. The fraction of sp³-hybridized carbons (Fsp3) is 0.867. The summed E-state index contributed by atoms with van der Waals surface area (Å²) in [6.07, 6.45) is -0.353. The number of hydrogen-bond acceptors (Lipinski definition) is 5. The molecule has 1 heterocycles. The van der Waals surface area contributed by atoms with Crippen LogP contribution < -0.4 is 5.32 Å². The second-order valence-corrected chi connectivity index (χ2v) is 6.49. The summed E-state index contributed by atoms with van der Waals surface area (Å²) in [4.78, 5) is 26.2. The Morgan fingerprint density at radius 2 is 2.09 bits per heavy atom. The van der Waals surface area contributed by atoms with Gasteiger partial charge in [0.05, 0.1) is 25.4 Å². The molecular weight excluding hydrogens is 288 g/mol. The lowest BCUT2D eigenvalue weighted by Gasteiger charge is -2.39. The summed E-state index contributed by atoms with van der Waals surface area (Å²) in [7, 11) is 0. The van der Waals surface area contributed by atoms with Crippen molar-refractivity contribution in [1.29, 1.82) is 0 Å². The van der Waals surface area contributed by atoms with Crippen LogP contribution in [-0.2, 0) is 14.3 Å². The summed E-state index contributed by atoms with van der Waals surface area (Å²) >= 11 is 0. The van der Waals surface area contributed by atoms with E-state index in [9.17, 15) is 14.7 Å². The minimum Gasteiger partial charge on any atom is -0.444 e. The zero-order valence-electron chi connectivity index (χ0n) is 14.1. The summed E-state index contributed by atoms with van der Waals surface area (Å²) in [6.45, 7) is 9.48. The molecule has 0 spiro atoms. The monoisotopic (exact) mass is 316 g/mol. The van der Waals surface area contributed by atoms with E-state index in [0.717, 1.165) is 0 Å². The lowest BCUT2D eigenvalue weighted by molar-refractivity contribution is -0.139. The lowest BCUT2D eigenvalue weighted by atomic mass is 10.1. The molecule has 0 saturated carbocycles. The first kappa shape index (κ1) is 18.7. The highest BCUT2D eigenvalue weighted by molar-refractivity contribution is 5.86. The first-order valence-corrected chi connectivity index (χ1v) is 7.72. The van der Waals surface area contributed by atoms with E-state index >= 15 is 0 Å². The van der Waals surface area contributed by atoms with Gasteiger partial charge in [-0.3, -0.25) is 9.69 Å². The molecule has 0 aromatic heterocycles. The van der Waals surface area contributed by atoms with Gasteiger partial charge in [-0.2, -0.15) is 0 Å². The molecule has 1 aliphatic rings. The predicted molar refractivity (Wildman–Crippen MR) is 81.4 cm³/mol. The molecule has 0 bridgehead atoms. The fourth-order valence-electron chi connectivity index (χ4n) is 2.26. The molecule has 2 amide bonds. The third-order valence-electron chi connectivity index (χ3n) is 3.45. The largest absolute Gasteiger partial charge is 0.444 e. The van der Waals surface area contributed by atoms with Crippen molar-refractivity contribution >= 4 is 12.0 Å². The molecule has 0 unspecified atom stereocenters. The Bertz CT molecular complexity index is 390. The van der Waals surface area contributed by atoms with Gasteiger partial charge in [-0.05, 0) is 34.1 Å². The number of nitrogens with one attached hydrogen (secondary N) is 1. The Balaban J connectivity index is 2.85. The van der Waals surface area contributed by atoms with E-state index in [-0.39, 0.29) is 18.6 Å². The predicted octanol–water partition coefficient (Wildman–Crippen LogP) is 0.898. The van der Waals surface area contributed by atoms with Gasteiger partial charge >= 0.3 is 6.09 Å². The summed E-state index contributed by atoms with van der Waals surface area (Å²) < 4.78 is 10.9. The second-order valence-electron chi connectivity index (χ2n) is 6.49. The number of aliphatic hydroxyl groups excluding tert-OH is 1. The molecular formula is C15H28N2O5. The maximum absolute atomic E-state index is 12.5. The van der Waals surface area contributed by atoms with Gasteiger partial charge in [-0.15, -0.1) is 0 Å². The van der Waals surface area contributed by atoms with Gasteiger partial charge in [-0.25, -0.2) is 4.79 Å². The molecule has 0 aliphatic carbocycles. The number of carbonyl (C=O) groups is 2. The Morgan fingerprint density at radius 3 is 2.59 bits per heavy atom. The molecule has 7 heteroatoms. The van der Waals surface area contributed by atoms with Crippen LogP contribution in [0, 0.1) is 0 Å². The van der Waals surface area contributed by atoms with Crippen LogP contribution in [0.2, 0.25) is 0 Å². The van der Waals surface area contributed by atoms with Gasteiger partial charge in [0.2, 0.25) is 5.91 Å². The van der Waals surface area contributed by atoms with E-state index in [0.29, 0.717) is 19.6 Å². The van der Waals surface area contributed by atoms with Crippen LogP contribution in [0.3, 0.4) is 0 Å². The molecule has 0 radical (unpaired) electrons. The number of rotatable bonds is 4. The van der Waals surface area contributed by atoms with Crippen molar-refractivity contribution in [3.63, 3.8) is 0 Å². The molecule has 1 fully saturated rings. The van der Waals surface area contributed by atoms with E-state index < -0.39 is 23.8 Å². The Kier molecular flexibility index (Phi) is 6.62. The van der Waals surface area contributed by atoms with Crippen molar-refractivity contribution in [2.24, 2.45) is 0 Å². The van der Waals surface area contributed by atoms with Crippen LogP contribution in [0.4, 0.5) is 4.79 Å². The van der Waals surface area contributed by atoms with Crippen LogP contribution in [0.5, 0.6) is 0 Å². The van der Waals surface area contributed by atoms with Crippen molar-refractivity contribution in [3.8, 4) is 0 Å². The van der Waals surface area contributed by atoms with Gasteiger partial charge in [0.25, 0.3) is 0 Å². The molecule has 22 heavy (non-hydrogen) atoms. The molecule has 128 valence electrons. The van der Waals surface area contributed by atoms with Crippen LogP contribution in [-0.4, -0.2) is 65.6 Å². The molecule has 0 aromatic rings. The number of hydrogen-bond donors (Lipinski definition) is 2. The van der Waals surface area contributed by atoms with Crippen LogP contribution >= 0.6 is 0 Å². The maximum Gasteiger partial charge on any atom is 0.411 e. The number of carbonyl (C=O) groups excluding carboxylic acids is 2. The lowest BCUT2D eigenvalue weighted by Crippen LogP contribution is -2.61. The van der Waals surface area contributed by atoms with Crippen LogP contribution in [0.25, 0.3) is 0 Å². The maximum atomic E-state index is 12.5. The summed E-state index contributed by atoms with van der Waals surface area (Å²) in [5.74, 6) is -0.334. The number of morpholine rings is 1. The van der Waals surface area contributed by atoms with E-state index in [1.54, 1.807) is 27.7 Å². The van der Waals surface area contributed by atoms with E-state index in [2.05, 4.69) is 5.32 Å². The number of ether oxygens (including phenoxy) is 2. The third kappa shape index (κ3) is 5.14.